The van der Waals surface area contributed by atoms with Crippen molar-refractivity contribution >= 4 is 5.91 Å². The highest BCUT2D eigenvalue weighted by Gasteiger charge is 2.30. The van der Waals surface area contributed by atoms with Gasteiger partial charge >= 0.3 is 0 Å². The quantitative estimate of drug-likeness (QED) is 0.857. The van der Waals surface area contributed by atoms with E-state index in [9.17, 15) is 4.79 Å². The topological polar surface area (TPSA) is 56.0 Å². The van der Waals surface area contributed by atoms with E-state index in [2.05, 4.69) is 27.8 Å². The van der Waals surface area contributed by atoms with Crippen LogP contribution in [0.3, 0.4) is 0 Å². The first-order chi connectivity index (χ1) is 11.9. The van der Waals surface area contributed by atoms with Crippen molar-refractivity contribution in [2.24, 2.45) is 7.05 Å². The summed E-state index contributed by atoms with van der Waals surface area (Å²) in [6.45, 7) is 10.5. The van der Waals surface area contributed by atoms with E-state index >= 15 is 0 Å². The predicted octanol–water partition coefficient (Wildman–Crippen LogP) is 2.97. The molecular weight excluding hydrogens is 314 g/mol. The lowest BCUT2D eigenvalue weighted by molar-refractivity contribution is 0.0702. The fourth-order valence-corrected chi connectivity index (χ4v) is 3.98. The third-order valence-corrected chi connectivity index (χ3v) is 5.14. The standard InChI is InChI=1S/C19H29N5O/c1-6-9-24-15(4)17(14(3)21-24)19(25)23-10-7-8-16(12-23)18-20-13(2)11-22(18)5/h11,16H,6-10,12H2,1-5H3/t16-/m0/s1. The van der Waals surface area contributed by atoms with Gasteiger partial charge in [-0.05, 0) is 40.0 Å². The van der Waals surface area contributed by atoms with Crippen molar-refractivity contribution in [3.63, 3.8) is 0 Å². The maximum absolute atomic E-state index is 13.2. The molecule has 1 saturated heterocycles. The summed E-state index contributed by atoms with van der Waals surface area (Å²) in [6.07, 6.45) is 5.17. The van der Waals surface area contributed by atoms with Crippen LogP contribution in [0.25, 0.3) is 0 Å². The highest BCUT2D eigenvalue weighted by atomic mass is 16.2. The van der Waals surface area contributed by atoms with E-state index < -0.39 is 0 Å². The summed E-state index contributed by atoms with van der Waals surface area (Å²) in [5, 5.41) is 4.56. The van der Waals surface area contributed by atoms with Crippen LogP contribution in [0, 0.1) is 20.8 Å². The molecule has 0 saturated carbocycles. The first-order valence-electron chi connectivity index (χ1n) is 9.25. The van der Waals surface area contributed by atoms with Crippen LogP contribution in [0.5, 0.6) is 0 Å². The summed E-state index contributed by atoms with van der Waals surface area (Å²) in [6, 6.07) is 0. The van der Waals surface area contributed by atoms with Crippen molar-refractivity contribution < 1.29 is 4.79 Å². The van der Waals surface area contributed by atoms with Crippen molar-refractivity contribution in [2.45, 2.75) is 59.4 Å². The van der Waals surface area contributed by atoms with Crippen LogP contribution in [0.15, 0.2) is 6.20 Å². The predicted molar refractivity (Wildman–Crippen MR) is 97.8 cm³/mol. The largest absolute Gasteiger partial charge is 0.338 e. The smallest absolute Gasteiger partial charge is 0.257 e. The van der Waals surface area contributed by atoms with Crippen LogP contribution in [-0.2, 0) is 13.6 Å². The van der Waals surface area contributed by atoms with Gasteiger partial charge in [0, 0.05) is 44.5 Å². The molecule has 0 aromatic carbocycles. The van der Waals surface area contributed by atoms with Crippen LogP contribution < -0.4 is 0 Å². The summed E-state index contributed by atoms with van der Waals surface area (Å²) in [4.78, 5) is 19.8. The van der Waals surface area contributed by atoms with Gasteiger partial charge in [0.1, 0.15) is 5.82 Å². The van der Waals surface area contributed by atoms with Gasteiger partial charge in [-0.1, -0.05) is 6.92 Å². The van der Waals surface area contributed by atoms with E-state index in [1.165, 1.54) is 0 Å². The van der Waals surface area contributed by atoms with Gasteiger partial charge in [0.25, 0.3) is 5.91 Å². The van der Waals surface area contributed by atoms with Crippen molar-refractivity contribution in [1.82, 2.24) is 24.2 Å². The van der Waals surface area contributed by atoms with Crippen LogP contribution in [0.2, 0.25) is 0 Å². The Hall–Kier alpha value is -2.11. The van der Waals surface area contributed by atoms with Crippen LogP contribution in [0.1, 0.15) is 65.4 Å². The van der Waals surface area contributed by atoms with Gasteiger partial charge in [0.15, 0.2) is 0 Å². The van der Waals surface area contributed by atoms with E-state index in [4.69, 9.17) is 0 Å². The lowest BCUT2D eigenvalue weighted by Gasteiger charge is -2.32. The molecule has 3 heterocycles. The molecule has 2 aromatic heterocycles. The fourth-order valence-electron chi connectivity index (χ4n) is 3.98. The SMILES string of the molecule is CCCn1nc(C)c(C(=O)N2CCC[C@H](c3nc(C)cn3C)C2)c1C. The Morgan fingerprint density at radius 3 is 2.72 bits per heavy atom. The molecule has 6 heteroatoms. The second-order valence-corrected chi connectivity index (χ2v) is 7.21. The third-order valence-electron chi connectivity index (χ3n) is 5.14. The second kappa shape index (κ2) is 7.02. The molecule has 25 heavy (non-hydrogen) atoms. The Morgan fingerprint density at radius 2 is 2.08 bits per heavy atom. The number of hydrogen-bond donors (Lipinski definition) is 0. The number of piperidine rings is 1. The Labute approximate surface area is 149 Å². The van der Waals surface area contributed by atoms with Crippen LogP contribution in [0.4, 0.5) is 0 Å². The highest BCUT2D eigenvalue weighted by molar-refractivity contribution is 5.96. The monoisotopic (exact) mass is 343 g/mol. The molecular formula is C19H29N5O. The number of hydrogen-bond acceptors (Lipinski definition) is 3. The van der Waals surface area contributed by atoms with Gasteiger partial charge in [0.2, 0.25) is 0 Å². The number of carbonyl (C=O) groups is 1. The molecule has 2 aromatic rings. The Bertz CT molecular complexity index is 773. The molecule has 136 valence electrons. The summed E-state index contributed by atoms with van der Waals surface area (Å²) in [5.41, 5.74) is 3.64. The molecule has 1 atom stereocenters. The Kier molecular flexibility index (Phi) is 4.97. The number of imidazole rings is 1. The molecule has 0 bridgehead atoms. The minimum atomic E-state index is 0.119. The number of carbonyl (C=O) groups excluding carboxylic acids is 1. The second-order valence-electron chi connectivity index (χ2n) is 7.21. The Morgan fingerprint density at radius 1 is 1.32 bits per heavy atom. The lowest BCUT2D eigenvalue weighted by Crippen LogP contribution is -2.40. The van der Waals surface area contributed by atoms with Gasteiger partial charge in [-0.15, -0.1) is 0 Å². The zero-order chi connectivity index (χ0) is 18.1. The fraction of sp³-hybridized carbons (Fsp3) is 0.632. The zero-order valence-corrected chi connectivity index (χ0v) is 16.0. The molecule has 1 amide bonds. The maximum Gasteiger partial charge on any atom is 0.257 e. The molecule has 0 aliphatic carbocycles. The van der Waals surface area contributed by atoms with Gasteiger partial charge in [-0.2, -0.15) is 5.10 Å². The van der Waals surface area contributed by atoms with E-state index in [1.807, 2.05) is 37.4 Å². The number of aryl methyl sites for hydroxylation is 4. The molecule has 3 rings (SSSR count). The molecule has 0 unspecified atom stereocenters. The maximum atomic E-state index is 13.2. The van der Waals surface area contributed by atoms with E-state index in [0.717, 1.165) is 67.4 Å². The number of amides is 1. The molecule has 1 fully saturated rings. The van der Waals surface area contributed by atoms with E-state index in [1.54, 1.807) is 0 Å². The van der Waals surface area contributed by atoms with E-state index in [-0.39, 0.29) is 5.91 Å². The Balaban J connectivity index is 1.82. The molecule has 0 N–H and O–H groups in total. The average molecular weight is 343 g/mol. The van der Waals surface area contributed by atoms with Crippen molar-refractivity contribution in [3.8, 4) is 0 Å². The van der Waals surface area contributed by atoms with Gasteiger partial charge in [-0.3, -0.25) is 9.48 Å². The van der Waals surface area contributed by atoms with Crippen molar-refractivity contribution in [3.05, 3.63) is 34.7 Å². The summed E-state index contributed by atoms with van der Waals surface area (Å²) in [5.74, 6) is 1.51. The molecule has 1 aliphatic heterocycles. The molecule has 6 nitrogen and oxygen atoms in total. The van der Waals surface area contributed by atoms with Crippen molar-refractivity contribution in [2.75, 3.05) is 13.1 Å². The molecule has 0 spiro atoms. The first-order valence-corrected chi connectivity index (χ1v) is 9.25. The summed E-state index contributed by atoms with van der Waals surface area (Å²) < 4.78 is 4.07. The zero-order valence-electron chi connectivity index (χ0n) is 16.0. The minimum absolute atomic E-state index is 0.119. The number of rotatable bonds is 4. The van der Waals surface area contributed by atoms with Gasteiger partial charge in [-0.25, -0.2) is 4.98 Å². The third kappa shape index (κ3) is 3.34. The van der Waals surface area contributed by atoms with Gasteiger partial charge in [0.05, 0.1) is 17.0 Å². The number of likely N-dealkylation sites (tertiary alicyclic amines) is 1. The summed E-state index contributed by atoms with van der Waals surface area (Å²) >= 11 is 0. The minimum Gasteiger partial charge on any atom is -0.338 e. The highest BCUT2D eigenvalue weighted by Crippen LogP contribution is 2.28. The van der Waals surface area contributed by atoms with E-state index in [0.29, 0.717) is 5.92 Å². The molecule has 0 radical (unpaired) electrons. The van der Waals surface area contributed by atoms with Crippen molar-refractivity contribution in [1.29, 1.82) is 0 Å². The number of aromatic nitrogens is 4. The van der Waals surface area contributed by atoms with Crippen LogP contribution >= 0.6 is 0 Å². The van der Waals surface area contributed by atoms with Crippen LogP contribution in [-0.4, -0.2) is 43.2 Å². The average Bonchev–Trinajstić information content (AvgIpc) is 3.06. The van der Waals surface area contributed by atoms with Gasteiger partial charge < -0.3 is 9.47 Å². The lowest BCUT2D eigenvalue weighted by atomic mass is 9.96. The normalized spacial score (nSPS) is 18.0. The molecule has 1 aliphatic rings. The summed E-state index contributed by atoms with van der Waals surface area (Å²) in [7, 11) is 2.04. The number of nitrogens with zero attached hydrogens (tertiary/aromatic N) is 5. The first kappa shape index (κ1) is 17.7.